The van der Waals surface area contributed by atoms with Crippen LogP contribution >= 0.6 is 11.6 Å². The fourth-order valence-corrected chi connectivity index (χ4v) is 6.59. The number of benzene rings is 2. The van der Waals surface area contributed by atoms with Crippen molar-refractivity contribution >= 4 is 45.1 Å². The highest BCUT2D eigenvalue weighted by molar-refractivity contribution is 7.89. The van der Waals surface area contributed by atoms with Gasteiger partial charge in [0.05, 0.1) is 31.5 Å². The average Bonchev–Trinajstić information content (AvgIpc) is 3.48. The van der Waals surface area contributed by atoms with Crippen molar-refractivity contribution in [2.24, 2.45) is 0 Å². The molecule has 1 saturated heterocycles. The normalized spacial score (nSPS) is 15.9. The monoisotopic (exact) mass is 616 g/mol. The molecule has 2 heterocycles. The summed E-state index contributed by atoms with van der Waals surface area (Å²) in [5, 5.41) is 15.3. The molecule has 3 aromatic rings. The van der Waals surface area contributed by atoms with Gasteiger partial charge in [-0.05, 0) is 48.7 Å². The van der Waals surface area contributed by atoms with Crippen LogP contribution in [0.4, 0.5) is 5.69 Å². The molecule has 0 unspecified atom stereocenters. The van der Waals surface area contributed by atoms with Crippen molar-refractivity contribution in [2.45, 2.75) is 36.2 Å². The van der Waals surface area contributed by atoms with Gasteiger partial charge in [-0.1, -0.05) is 29.8 Å². The topological polar surface area (TPSA) is 164 Å². The molecule has 2 aromatic carbocycles. The number of pyridine rings is 1. The van der Waals surface area contributed by atoms with Gasteiger partial charge >= 0.3 is 5.97 Å². The summed E-state index contributed by atoms with van der Waals surface area (Å²) in [7, 11) is -1.22. The van der Waals surface area contributed by atoms with Crippen molar-refractivity contribution in [2.75, 3.05) is 26.1 Å². The lowest BCUT2D eigenvalue weighted by Crippen LogP contribution is -2.51. The van der Waals surface area contributed by atoms with Crippen molar-refractivity contribution in [1.82, 2.24) is 14.6 Å². The second-order valence-corrected chi connectivity index (χ2v) is 11.7. The van der Waals surface area contributed by atoms with Gasteiger partial charge < -0.3 is 25.2 Å². The number of aromatic nitrogens is 1. The summed E-state index contributed by atoms with van der Waals surface area (Å²) < 4.78 is 37.9. The highest BCUT2D eigenvalue weighted by Crippen LogP contribution is 2.29. The van der Waals surface area contributed by atoms with E-state index in [2.05, 4.69) is 15.6 Å². The number of rotatable bonds is 11. The third kappa shape index (κ3) is 6.81. The van der Waals surface area contributed by atoms with Gasteiger partial charge in [-0.25, -0.2) is 13.2 Å². The molecule has 0 spiro atoms. The Kier molecular flexibility index (Phi) is 9.66. The number of carbonyl (C=O) groups excluding carboxylic acids is 2. The van der Waals surface area contributed by atoms with Crippen LogP contribution in [0.5, 0.6) is 11.5 Å². The van der Waals surface area contributed by atoms with Crippen molar-refractivity contribution in [3.8, 4) is 11.5 Å². The average molecular weight is 617 g/mol. The number of amides is 2. The molecule has 1 fully saturated rings. The number of sulfonamides is 1. The summed E-state index contributed by atoms with van der Waals surface area (Å²) in [4.78, 5) is 42.0. The SMILES string of the molecule is COc1cncc(OC)c1C(=O)Nc1ccc(C[C@H](NC(=O)[C@@H]2CCCN2S(=O)(=O)c2cccc(Cl)c2)C(=O)O)cc1. The molecule has 0 aliphatic carbocycles. The molecule has 2 atom stereocenters. The van der Waals surface area contributed by atoms with Crippen LogP contribution in [-0.4, -0.2) is 73.4 Å². The molecular weight excluding hydrogens is 588 g/mol. The zero-order valence-electron chi connectivity index (χ0n) is 22.7. The van der Waals surface area contributed by atoms with Crippen LogP contribution in [-0.2, 0) is 26.0 Å². The van der Waals surface area contributed by atoms with E-state index in [4.69, 9.17) is 21.1 Å². The number of carboxylic acids is 1. The highest BCUT2D eigenvalue weighted by Gasteiger charge is 2.40. The fourth-order valence-electron chi connectivity index (χ4n) is 4.63. The lowest BCUT2D eigenvalue weighted by atomic mass is 10.0. The van der Waals surface area contributed by atoms with E-state index in [0.717, 1.165) is 4.31 Å². The maximum Gasteiger partial charge on any atom is 0.326 e. The Morgan fingerprint density at radius 3 is 2.36 bits per heavy atom. The smallest absolute Gasteiger partial charge is 0.326 e. The van der Waals surface area contributed by atoms with E-state index in [1.807, 2.05) is 0 Å². The number of hydrogen-bond donors (Lipinski definition) is 3. The second kappa shape index (κ2) is 13.2. The maximum atomic E-state index is 13.2. The van der Waals surface area contributed by atoms with E-state index >= 15 is 0 Å². The van der Waals surface area contributed by atoms with Crippen LogP contribution in [0.1, 0.15) is 28.8 Å². The van der Waals surface area contributed by atoms with Crippen LogP contribution in [0, 0.1) is 0 Å². The zero-order chi connectivity index (χ0) is 30.4. The minimum absolute atomic E-state index is 0.0440. The first-order valence-corrected chi connectivity index (χ1v) is 14.6. The van der Waals surface area contributed by atoms with Gasteiger partial charge in [-0.3, -0.25) is 14.6 Å². The number of carboxylic acid groups (broad SMARTS) is 1. The zero-order valence-corrected chi connectivity index (χ0v) is 24.3. The first-order valence-electron chi connectivity index (χ1n) is 12.8. The van der Waals surface area contributed by atoms with Gasteiger partial charge in [-0.2, -0.15) is 4.31 Å². The molecule has 2 amide bonds. The third-order valence-electron chi connectivity index (χ3n) is 6.72. The van der Waals surface area contributed by atoms with Crippen LogP contribution in [0.15, 0.2) is 65.8 Å². The maximum absolute atomic E-state index is 13.2. The Labute approximate surface area is 247 Å². The predicted octanol–water partition coefficient (Wildman–Crippen LogP) is 2.97. The summed E-state index contributed by atoms with van der Waals surface area (Å²) in [6, 6.07) is 9.77. The van der Waals surface area contributed by atoms with E-state index < -0.39 is 39.9 Å². The van der Waals surface area contributed by atoms with Crippen molar-refractivity contribution in [3.63, 3.8) is 0 Å². The van der Waals surface area contributed by atoms with E-state index in [-0.39, 0.29) is 46.4 Å². The number of carbonyl (C=O) groups is 3. The van der Waals surface area contributed by atoms with Gasteiger partial charge in [-0.15, -0.1) is 0 Å². The summed E-state index contributed by atoms with van der Waals surface area (Å²) in [6.45, 7) is 0.120. The summed E-state index contributed by atoms with van der Waals surface area (Å²) in [6.07, 6.45) is 3.39. The lowest BCUT2D eigenvalue weighted by molar-refractivity contribution is -0.142. The van der Waals surface area contributed by atoms with Crippen LogP contribution in [0.3, 0.4) is 0 Å². The minimum atomic E-state index is -4.03. The number of nitrogens with zero attached hydrogens (tertiary/aromatic N) is 2. The Balaban J connectivity index is 1.43. The van der Waals surface area contributed by atoms with Gasteiger partial charge in [0.1, 0.15) is 17.6 Å². The standard InChI is InChI=1S/C28H29ClN4O8S/c1-40-23-15-30-16-24(41-2)25(23)27(35)31-19-10-8-17(9-11-19)13-21(28(36)37)32-26(34)22-7-4-12-33(22)42(38,39)20-6-3-5-18(29)14-20/h3,5-6,8-11,14-16,21-22H,4,7,12-13H2,1-2H3,(H,31,35)(H,32,34)(H,36,37)/t21-,22-/m0/s1. The molecule has 12 nitrogen and oxygen atoms in total. The number of halogens is 1. The Morgan fingerprint density at radius 1 is 1.10 bits per heavy atom. The van der Waals surface area contributed by atoms with E-state index in [1.54, 1.807) is 30.3 Å². The number of ether oxygens (including phenoxy) is 2. The Morgan fingerprint density at radius 2 is 1.76 bits per heavy atom. The molecule has 3 N–H and O–H groups in total. The van der Waals surface area contributed by atoms with E-state index in [9.17, 15) is 27.9 Å². The molecule has 1 aliphatic heterocycles. The fraction of sp³-hybridized carbons (Fsp3) is 0.286. The Bertz CT molecular complexity index is 1560. The molecule has 1 aliphatic rings. The summed E-state index contributed by atoms with van der Waals surface area (Å²) >= 11 is 5.96. The molecular formula is C28H29ClN4O8S. The number of nitrogens with one attached hydrogen (secondary N) is 2. The first kappa shape index (κ1) is 30.8. The van der Waals surface area contributed by atoms with E-state index in [0.29, 0.717) is 17.7 Å². The molecule has 14 heteroatoms. The third-order valence-corrected chi connectivity index (χ3v) is 8.86. The van der Waals surface area contributed by atoms with Crippen LogP contribution < -0.4 is 20.1 Å². The molecule has 0 saturated carbocycles. The van der Waals surface area contributed by atoms with Crippen LogP contribution in [0.25, 0.3) is 0 Å². The molecule has 42 heavy (non-hydrogen) atoms. The number of aliphatic carboxylic acids is 1. The molecule has 0 bridgehead atoms. The Hall–Kier alpha value is -4.20. The minimum Gasteiger partial charge on any atom is -0.494 e. The molecule has 222 valence electrons. The number of methoxy groups -OCH3 is 2. The second-order valence-electron chi connectivity index (χ2n) is 9.40. The van der Waals surface area contributed by atoms with Crippen molar-refractivity contribution < 1.29 is 37.4 Å². The van der Waals surface area contributed by atoms with Crippen molar-refractivity contribution in [1.29, 1.82) is 0 Å². The molecule has 0 radical (unpaired) electrons. The van der Waals surface area contributed by atoms with Crippen molar-refractivity contribution in [3.05, 3.63) is 77.1 Å². The molecule has 1 aromatic heterocycles. The van der Waals surface area contributed by atoms with E-state index in [1.165, 1.54) is 44.8 Å². The lowest BCUT2D eigenvalue weighted by Gasteiger charge is -2.25. The number of anilines is 1. The number of hydrogen-bond acceptors (Lipinski definition) is 8. The van der Waals surface area contributed by atoms with Gasteiger partial charge in [0.15, 0.2) is 11.5 Å². The van der Waals surface area contributed by atoms with Gasteiger partial charge in [0.25, 0.3) is 5.91 Å². The highest BCUT2D eigenvalue weighted by atomic mass is 35.5. The van der Waals surface area contributed by atoms with Gasteiger partial charge in [0.2, 0.25) is 15.9 Å². The van der Waals surface area contributed by atoms with Crippen LogP contribution in [0.2, 0.25) is 5.02 Å². The van der Waals surface area contributed by atoms with Gasteiger partial charge in [0, 0.05) is 23.7 Å². The predicted molar refractivity (Wildman–Crippen MR) is 153 cm³/mol. The summed E-state index contributed by atoms with van der Waals surface area (Å²) in [5.74, 6) is -2.02. The first-order chi connectivity index (χ1) is 20.0. The quantitative estimate of drug-likeness (QED) is 0.294. The summed E-state index contributed by atoms with van der Waals surface area (Å²) in [5.41, 5.74) is 1.15. The molecule has 4 rings (SSSR count). The largest absolute Gasteiger partial charge is 0.494 e.